The fourth-order valence-electron chi connectivity index (χ4n) is 2.90. The predicted octanol–water partition coefficient (Wildman–Crippen LogP) is 2.58. The van der Waals surface area contributed by atoms with Gasteiger partial charge in [-0.05, 0) is 43.5 Å². The van der Waals surface area contributed by atoms with E-state index in [0.717, 1.165) is 24.1 Å². The van der Waals surface area contributed by atoms with Crippen LogP contribution in [0.4, 0.5) is 0 Å². The van der Waals surface area contributed by atoms with Crippen LogP contribution in [0, 0.1) is 6.92 Å². The minimum absolute atomic E-state index is 0.203. The van der Waals surface area contributed by atoms with Gasteiger partial charge in [0.25, 0.3) is 0 Å². The monoisotopic (exact) mass is 361 g/mol. The van der Waals surface area contributed by atoms with E-state index >= 15 is 0 Å². The van der Waals surface area contributed by atoms with Crippen molar-refractivity contribution in [1.82, 2.24) is 14.5 Å². The number of aromatic nitrogens is 2. The Hall–Kier alpha value is -1.99. The molecule has 1 aromatic heterocycles. The smallest absolute Gasteiger partial charge is 0.243 e. The minimum Gasteiger partial charge on any atom is -0.472 e. The van der Waals surface area contributed by atoms with Crippen LogP contribution < -0.4 is 4.74 Å². The molecule has 6 nitrogen and oxygen atoms in total. The van der Waals surface area contributed by atoms with Gasteiger partial charge in [-0.15, -0.1) is 5.10 Å². The van der Waals surface area contributed by atoms with E-state index in [-0.39, 0.29) is 6.10 Å². The average molecular weight is 361 g/mol. The van der Waals surface area contributed by atoms with Crippen molar-refractivity contribution in [2.24, 2.45) is 0 Å². The molecular weight excluding hydrogens is 338 g/mol. The normalized spacial score (nSPS) is 18.4. The second-order valence-electron chi connectivity index (χ2n) is 6.30. The maximum Gasteiger partial charge on any atom is 0.243 e. The number of nitrogens with zero attached hydrogens (tertiary/aromatic N) is 3. The Bertz CT molecular complexity index is 804. The molecule has 1 saturated heterocycles. The number of ether oxygens (including phenoxy) is 1. The molecular formula is C18H23N3O3S. The maximum atomic E-state index is 12.8. The van der Waals surface area contributed by atoms with E-state index in [4.69, 9.17) is 4.74 Å². The number of hydrogen-bond donors (Lipinski definition) is 0. The average Bonchev–Trinajstić information content (AvgIpc) is 3.07. The largest absolute Gasteiger partial charge is 0.472 e. The lowest BCUT2D eigenvalue weighted by molar-refractivity contribution is 0.204. The highest BCUT2D eigenvalue weighted by atomic mass is 32.2. The van der Waals surface area contributed by atoms with Gasteiger partial charge >= 0.3 is 0 Å². The van der Waals surface area contributed by atoms with Gasteiger partial charge in [0.2, 0.25) is 15.9 Å². The van der Waals surface area contributed by atoms with Crippen molar-refractivity contribution in [2.45, 2.75) is 44.1 Å². The predicted molar refractivity (Wildman–Crippen MR) is 95.0 cm³/mol. The van der Waals surface area contributed by atoms with E-state index < -0.39 is 10.0 Å². The van der Waals surface area contributed by atoms with Crippen LogP contribution in [0.1, 0.15) is 31.0 Å². The number of hydrogen-bond acceptors (Lipinski definition) is 5. The molecule has 1 aliphatic heterocycles. The molecule has 1 atom stereocenters. The third kappa shape index (κ3) is 4.16. The zero-order valence-corrected chi connectivity index (χ0v) is 15.4. The van der Waals surface area contributed by atoms with Crippen molar-refractivity contribution in [3.63, 3.8) is 0 Å². The third-order valence-electron chi connectivity index (χ3n) is 4.27. The van der Waals surface area contributed by atoms with Crippen LogP contribution in [-0.2, 0) is 16.4 Å². The molecule has 2 aromatic rings. The molecule has 1 aliphatic rings. The van der Waals surface area contributed by atoms with E-state index in [2.05, 4.69) is 17.1 Å². The molecule has 25 heavy (non-hydrogen) atoms. The molecule has 134 valence electrons. The zero-order chi connectivity index (χ0) is 17.9. The van der Waals surface area contributed by atoms with Gasteiger partial charge in [0.1, 0.15) is 6.10 Å². The molecule has 0 saturated carbocycles. The molecule has 0 N–H and O–H groups in total. The van der Waals surface area contributed by atoms with E-state index in [1.54, 1.807) is 18.2 Å². The summed E-state index contributed by atoms with van der Waals surface area (Å²) in [5.74, 6) is 0.429. The highest BCUT2D eigenvalue weighted by Crippen LogP contribution is 2.24. The Balaban J connectivity index is 1.66. The van der Waals surface area contributed by atoms with Crippen molar-refractivity contribution in [3.8, 4) is 5.88 Å². The van der Waals surface area contributed by atoms with Crippen molar-refractivity contribution >= 4 is 10.0 Å². The Labute approximate surface area is 148 Å². The molecule has 0 spiro atoms. The van der Waals surface area contributed by atoms with Gasteiger partial charge in [-0.1, -0.05) is 25.5 Å². The van der Waals surface area contributed by atoms with Gasteiger partial charge in [-0.3, -0.25) is 0 Å². The maximum absolute atomic E-state index is 12.8. The topological polar surface area (TPSA) is 72.4 Å². The standard InChI is InChI=1S/C18H23N3O3S/c1-3-4-15-6-8-17(9-7-15)25(22,23)21-12-11-16(13-21)24-18-10-5-14(2)19-20-18/h5-10,16H,3-4,11-13H2,1-2H3. The summed E-state index contributed by atoms with van der Waals surface area (Å²) in [5, 5.41) is 7.93. The summed E-state index contributed by atoms with van der Waals surface area (Å²) < 4.78 is 32.8. The minimum atomic E-state index is -3.49. The Morgan fingerprint density at radius 1 is 1.16 bits per heavy atom. The SMILES string of the molecule is CCCc1ccc(S(=O)(=O)N2CCC(Oc3ccc(C)nn3)C2)cc1. The van der Waals surface area contributed by atoms with Crippen molar-refractivity contribution in [3.05, 3.63) is 47.7 Å². The van der Waals surface area contributed by atoms with Crippen molar-refractivity contribution < 1.29 is 13.2 Å². The lowest BCUT2D eigenvalue weighted by Crippen LogP contribution is -2.31. The van der Waals surface area contributed by atoms with Gasteiger partial charge in [0.05, 0.1) is 17.1 Å². The first-order valence-electron chi connectivity index (χ1n) is 8.55. The third-order valence-corrected chi connectivity index (χ3v) is 6.15. The molecule has 1 fully saturated rings. The van der Waals surface area contributed by atoms with Crippen LogP contribution in [0.5, 0.6) is 5.88 Å². The molecule has 3 rings (SSSR count). The number of benzene rings is 1. The van der Waals surface area contributed by atoms with Gasteiger partial charge < -0.3 is 4.74 Å². The van der Waals surface area contributed by atoms with Crippen LogP contribution >= 0.6 is 0 Å². The Morgan fingerprint density at radius 2 is 1.92 bits per heavy atom. The van der Waals surface area contributed by atoms with Crippen LogP contribution in [0.3, 0.4) is 0 Å². The summed E-state index contributed by atoms with van der Waals surface area (Å²) >= 11 is 0. The number of rotatable bonds is 6. The van der Waals surface area contributed by atoms with Crippen LogP contribution in [-0.4, -0.2) is 42.1 Å². The highest BCUT2D eigenvalue weighted by molar-refractivity contribution is 7.89. The summed E-state index contributed by atoms with van der Waals surface area (Å²) in [6.45, 7) is 4.73. The van der Waals surface area contributed by atoms with E-state index in [1.165, 1.54) is 4.31 Å². The summed E-state index contributed by atoms with van der Waals surface area (Å²) in [6.07, 6.45) is 2.44. The van der Waals surface area contributed by atoms with Crippen molar-refractivity contribution in [1.29, 1.82) is 0 Å². The van der Waals surface area contributed by atoms with Gasteiger partial charge in [0.15, 0.2) is 0 Å². The molecule has 1 aromatic carbocycles. The molecule has 0 aliphatic carbocycles. The van der Waals surface area contributed by atoms with Crippen molar-refractivity contribution in [2.75, 3.05) is 13.1 Å². The Kier molecular flexibility index (Phi) is 5.34. The summed E-state index contributed by atoms with van der Waals surface area (Å²) in [4.78, 5) is 0.336. The molecule has 1 unspecified atom stereocenters. The van der Waals surface area contributed by atoms with Gasteiger partial charge in [-0.25, -0.2) is 8.42 Å². The molecule has 7 heteroatoms. The summed E-state index contributed by atoms with van der Waals surface area (Å²) in [5.41, 5.74) is 1.97. The number of sulfonamides is 1. The first kappa shape index (κ1) is 17.8. The van der Waals surface area contributed by atoms with Crippen LogP contribution in [0.2, 0.25) is 0 Å². The summed E-state index contributed by atoms with van der Waals surface area (Å²) in [6, 6.07) is 10.8. The van der Waals surface area contributed by atoms with Gasteiger partial charge in [0, 0.05) is 12.6 Å². The van der Waals surface area contributed by atoms with E-state index in [9.17, 15) is 8.42 Å². The molecule has 0 radical (unpaired) electrons. The zero-order valence-electron chi connectivity index (χ0n) is 14.6. The highest BCUT2D eigenvalue weighted by Gasteiger charge is 2.33. The lowest BCUT2D eigenvalue weighted by Gasteiger charge is -2.17. The fraction of sp³-hybridized carbons (Fsp3) is 0.444. The lowest BCUT2D eigenvalue weighted by atomic mass is 10.1. The first-order chi connectivity index (χ1) is 12.0. The molecule has 0 bridgehead atoms. The first-order valence-corrected chi connectivity index (χ1v) is 9.99. The second kappa shape index (κ2) is 7.49. The quantitative estimate of drug-likeness (QED) is 0.791. The number of aryl methyl sites for hydroxylation is 2. The van der Waals surface area contributed by atoms with E-state index in [0.29, 0.717) is 30.3 Å². The van der Waals surface area contributed by atoms with Gasteiger partial charge in [-0.2, -0.15) is 9.40 Å². The van der Waals surface area contributed by atoms with E-state index in [1.807, 2.05) is 25.1 Å². The molecule has 0 amide bonds. The Morgan fingerprint density at radius 3 is 2.56 bits per heavy atom. The molecule has 2 heterocycles. The van der Waals surface area contributed by atoms with Crippen LogP contribution in [0.15, 0.2) is 41.3 Å². The fourth-order valence-corrected chi connectivity index (χ4v) is 4.38. The van der Waals surface area contributed by atoms with Crippen LogP contribution in [0.25, 0.3) is 0 Å². The second-order valence-corrected chi connectivity index (χ2v) is 8.24. The summed E-state index contributed by atoms with van der Waals surface area (Å²) in [7, 11) is -3.49.